The van der Waals surface area contributed by atoms with Crippen LogP contribution in [0.2, 0.25) is 0 Å². The topological polar surface area (TPSA) is 127 Å². The largest absolute Gasteiger partial charge is 0.275 e. The van der Waals surface area contributed by atoms with E-state index in [1.54, 1.807) is 42.5 Å². The predicted octanol–water partition coefficient (Wildman–Crippen LogP) is 4.00. The number of amides is 2. The first kappa shape index (κ1) is 25.5. The van der Waals surface area contributed by atoms with Gasteiger partial charge in [0.05, 0.1) is 38.6 Å². The molecule has 0 bridgehead atoms. The van der Waals surface area contributed by atoms with E-state index in [-0.39, 0.29) is 28.7 Å². The number of hydrogen-bond acceptors (Lipinski definition) is 8. The van der Waals surface area contributed by atoms with Crippen LogP contribution in [0.4, 0.5) is 5.69 Å². The van der Waals surface area contributed by atoms with Gasteiger partial charge in [-0.15, -0.1) is 11.8 Å². The number of nitrogens with one attached hydrogen (secondary N) is 1. The Morgan fingerprint density at radius 2 is 1.82 bits per heavy atom. The number of rotatable bonds is 7. The molecule has 0 saturated carbocycles. The van der Waals surface area contributed by atoms with Gasteiger partial charge in [0.2, 0.25) is 5.91 Å². The number of carbonyl (C=O) groups excluding carboxylic acids is 2. The Morgan fingerprint density at radius 1 is 1.11 bits per heavy atom. The van der Waals surface area contributed by atoms with Crippen LogP contribution < -0.4 is 11.0 Å². The second-order valence-corrected chi connectivity index (χ2v) is 10.5. The first-order valence-electron chi connectivity index (χ1n) is 11.5. The van der Waals surface area contributed by atoms with Crippen LogP contribution in [0.15, 0.2) is 82.7 Å². The molecule has 0 spiro atoms. The summed E-state index contributed by atoms with van der Waals surface area (Å²) < 4.78 is 1.46. The number of nitro groups is 1. The van der Waals surface area contributed by atoms with Crippen LogP contribution in [0.5, 0.6) is 0 Å². The third-order valence-electron chi connectivity index (χ3n) is 5.88. The number of benzene rings is 3. The van der Waals surface area contributed by atoms with Gasteiger partial charge in [0.25, 0.3) is 17.2 Å². The standard InChI is InChI=1S/C26H21N5O5S2/c1-16-10-12-17(13-11-16)29-24(34)18-6-2-4-8-20(18)27-26(29)38-14-22(32)28-30-23(33)15-37-25(30)19-7-3-5-9-21(19)31(35)36/h2-13,25H,14-15H2,1H3,(H,28,32). The van der Waals surface area contributed by atoms with E-state index in [0.29, 0.717) is 27.3 Å². The summed E-state index contributed by atoms with van der Waals surface area (Å²) in [6.07, 6.45) is 0. The molecule has 1 saturated heterocycles. The van der Waals surface area contributed by atoms with Gasteiger partial charge in [0.15, 0.2) is 5.16 Å². The van der Waals surface area contributed by atoms with Gasteiger partial charge in [0, 0.05) is 6.07 Å². The summed E-state index contributed by atoms with van der Waals surface area (Å²) in [4.78, 5) is 54.5. The number of hydrazine groups is 1. The van der Waals surface area contributed by atoms with E-state index in [9.17, 15) is 24.5 Å². The van der Waals surface area contributed by atoms with Crippen LogP contribution in [-0.4, -0.2) is 42.8 Å². The molecule has 192 valence electrons. The lowest BCUT2D eigenvalue weighted by Crippen LogP contribution is -2.45. The molecule has 4 aromatic rings. The predicted molar refractivity (Wildman–Crippen MR) is 146 cm³/mol. The molecule has 2 amide bonds. The highest BCUT2D eigenvalue weighted by Crippen LogP contribution is 2.41. The molecule has 1 aliphatic rings. The molecule has 2 heterocycles. The molecule has 1 unspecified atom stereocenters. The summed E-state index contributed by atoms with van der Waals surface area (Å²) in [5.74, 6) is -0.943. The third kappa shape index (κ3) is 5.00. The van der Waals surface area contributed by atoms with Gasteiger partial charge >= 0.3 is 0 Å². The van der Waals surface area contributed by atoms with Crippen LogP contribution in [-0.2, 0) is 9.59 Å². The molecular weight excluding hydrogens is 526 g/mol. The summed E-state index contributed by atoms with van der Waals surface area (Å²) >= 11 is 2.26. The average Bonchev–Trinajstić information content (AvgIpc) is 3.27. The quantitative estimate of drug-likeness (QED) is 0.159. The maximum atomic E-state index is 13.4. The van der Waals surface area contributed by atoms with Crippen molar-refractivity contribution in [2.75, 3.05) is 11.5 Å². The highest BCUT2D eigenvalue weighted by atomic mass is 32.2. The summed E-state index contributed by atoms with van der Waals surface area (Å²) in [5, 5.41) is 12.7. The smallest absolute Gasteiger partial charge is 0.272 e. The zero-order chi connectivity index (χ0) is 26.8. The first-order valence-corrected chi connectivity index (χ1v) is 13.5. The number of carbonyl (C=O) groups is 2. The Bertz CT molecular complexity index is 1620. The van der Waals surface area contributed by atoms with Crippen molar-refractivity contribution in [3.8, 4) is 5.69 Å². The van der Waals surface area contributed by atoms with E-state index < -0.39 is 16.2 Å². The van der Waals surface area contributed by atoms with Gasteiger partial charge in [-0.2, -0.15) is 0 Å². The number of thioether (sulfide) groups is 2. The molecule has 10 nitrogen and oxygen atoms in total. The molecule has 0 radical (unpaired) electrons. The van der Waals surface area contributed by atoms with Gasteiger partial charge in [-0.1, -0.05) is 53.7 Å². The number of nitro benzene ring substituents is 1. The average molecular weight is 548 g/mol. The van der Waals surface area contributed by atoms with Gasteiger partial charge in [-0.25, -0.2) is 9.99 Å². The van der Waals surface area contributed by atoms with Crippen molar-refractivity contribution in [3.63, 3.8) is 0 Å². The molecule has 5 rings (SSSR count). The second-order valence-electron chi connectivity index (χ2n) is 8.45. The van der Waals surface area contributed by atoms with Crippen molar-refractivity contribution in [1.29, 1.82) is 0 Å². The van der Waals surface area contributed by atoms with E-state index in [2.05, 4.69) is 10.4 Å². The molecule has 0 aliphatic carbocycles. The summed E-state index contributed by atoms with van der Waals surface area (Å²) in [7, 11) is 0. The van der Waals surface area contributed by atoms with Crippen molar-refractivity contribution < 1.29 is 14.5 Å². The third-order valence-corrected chi connectivity index (χ3v) is 8.01. The zero-order valence-corrected chi connectivity index (χ0v) is 21.7. The van der Waals surface area contributed by atoms with Crippen LogP contribution in [0, 0.1) is 17.0 Å². The molecular formula is C26H21N5O5S2. The zero-order valence-electron chi connectivity index (χ0n) is 20.1. The molecule has 1 aliphatic heterocycles. The van der Waals surface area contributed by atoms with Gasteiger partial charge in [0.1, 0.15) is 5.37 Å². The Labute approximate surface area is 225 Å². The summed E-state index contributed by atoms with van der Waals surface area (Å²) in [5.41, 5.74) is 4.69. The minimum atomic E-state index is -0.734. The van der Waals surface area contributed by atoms with Crippen molar-refractivity contribution >= 4 is 51.9 Å². The lowest BCUT2D eigenvalue weighted by Gasteiger charge is -2.24. The number of fused-ring (bicyclic) bond motifs is 1. The summed E-state index contributed by atoms with van der Waals surface area (Å²) in [6, 6.07) is 20.5. The second kappa shape index (κ2) is 10.7. The van der Waals surface area contributed by atoms with Crippen molar-refractivity contribution in [2.45, 2.75) is 17.5 Å². The molecule has 3 aromatic carbocycles. The number of hydrogen-bond donors (Lipinski definition) is 1. The Balaban J connectivity index is 1.40. The van der Waals surface area contributed by atoms with Crippen molar-refractivity contribution in [3.05, 3.63) is 104 Å². The number of para-hydroxylation sites is 2. The van der Waals surface area contributed by atoms with Crippen LogP contribution in [0.1, 0.15) is 16.5 Å². The SMILES string of the molecule is Cc1ccc(-n2c(SCC(=O)NN3C(=O)CSC3c3ccccc3[N+](=O)[O-])nc3ccccc3c2=O)cc1. The lowest BCUT2D eigenvalue weighted by atomic mass is 10.1. The monoisotopic (exact) mass is 547 g/mol. The van der Waals surface area contributed by atoms with Crippen molar-refractivity contribution in [1.82, 2.24) is 20.0 Å². The molecule has 1 aromatic heterocycles. The number of aryl methyl sites for hydroxylation is 1. The first-order chi connectivity index (χ1) is 18.3. The molecule has 12 heteroatoms. The van der Waals surface area contributed by atoms with E-state index in [1.807, 2.05) is 31.2 Å². The normalized spacial score (nSPS) is 15.1. The van der Waals surface area contributed by atoms with E-state index in [0.717, 1.165) is 22.3 Å². The minimum Gasteiger partial charge on any atom is -0.272 e. The fraction of sp³-hybridized carbons (Fsp3) is 0.154. The summed E-state index contributed by atoms with van der Waals surface area (Å²) in [6.45, 7) is 1.94. The van der Waals surface area contributed by atoms with Gasteiger partial charge in [-0.3, -0.25) is 34.5 Å². The van der Waals surface area contributed by atoms with Crippen LogP contribution in [0.3, 0.4) is 0 Å². The van der Waals surface area contributed by atoms with Gasteiger partial charge < -0.3 is 0 Å². The van der Waals surface area contributed by atoms with Gasteiger partial charge in [-0.05, 0) is 37.3 Å². The Kier molecular flexibility index (Phi) is 7.16. The van der Waals surface area contributed by atoms with E-state index in [4.69, 9.17) is 0 Å². The van der Waals surface area contributed by atoms with E-state index >= 15 is 0 Å². The maximum Gasteiger partial charge on any atom is 0.275 e. The fourth-order valence-corrected chi connectivity index (χ4v) is 6.01. The molecule has 1 N–H and O–H groups in total. The fourth-order valence-electron chi connectivity index (χ4n) is 4.06. The highest BCUT2D eigenvalue weighted by molar-refractivity contribution is 8.00. The van der Waals surface area contributed by atoms with Crippen LogP contribution >= 0.6 is 23.5 Å². The Morgan fingerprint density at radius 3 is 2.58 bits per heavy atom. The van der Waals surface area contributed by atoms with Crippen LogP contribution in [0.25, 0.3) is 16.6 Å². The number of aromatic nitrogens is 2. The number of nitrogens with zero attached hydrogens (tertiary/aromatic N) is 4. The van der Waals surface area contributed by atoms with E-state index in [1.165, 1.54) is 22.4 Å². The Hall–Kier alpha value is -4.16. The molecule has 38 heavy (non-hydrogen) atoms. The highest BCUT2D eigenvalue weighted by Gasteiger charge is 2.37. The lowest BCUT2D eigenvalue weighted by molar-refractivity contribution is -0.385. The minimum absolute atomic E-state index is 0.0728. The molecule has 1 fully saturated rings. The maximum absolute atomic E-state index is 13.4. The molecule has 1 atom stereocenters. The van der Waals surface area contributed by atoms with Crippen molar-refractivity contribution in [2.24, 2.45) is 0 Å².